The Hall–Kier alpha value is -0.160. The van der Waals surface area contributed by atoms with Crippen LogP contribution in [0.4, 0.5) is 0 Å². The fourth-order valence-electron chi connectivity index (χ4n) is 8.02. The minimum absolute atomic E-state index is 0.106. The van der Waals surface area contributed by atoms with Gasteiger partial charge in [0.25, 0.3) is 0 Å². The van der Waals surface area contributed by atoms with E-state index in [1.807, 2.05) is 0 Å². The molecule has 4 rings (SSSR count). The summed E-state index contributed by atoms with van der Waals surface area (Å²) in [5.74, 6) is 1.59. The van der Waals surface area contributed by atoms with E-state index in [2.05, 4.69) is 13.8 Å². The predicted molar refractivity (Wildman–Crippen MR) is 95.8 cm³/mol. The molecule has 4 N–H and O–H groups in total. The van der Waals surface area contributed by atoms with Crippen molar-refractivity contribution in [3.8, 4) is 0 Å². The Morgan fingerprint density at radius 3 is 2.24 bits per heavy atom. The first-order valence-electron chi connectivity index (χ1n) is 10.4. The van der Waals surface area contributed by atoms with Crippen LogP contribution in [0.2, 0.25) is 0 Å². The lowest BCUT2D eigenvalue weighted by molar-refractivity contribution is -0.203. The largest absolute Gasteiger partial charge is 0.393 e. The van der Waals surface area contributed by atoms with Crippen molar-refractivity contribution in [1.29, 1.82) is 0 Å². The first kappa shape index (κ1) is 18.2. The second kappa shape index (κ2) is 5.67. The fourth-order valence-corrected chi connectivity index (χ4v) is 8.02. The van der Waals surface area contributed by atoms with Crippen LogP contribution in [0.1, 0.15) is 72.1 Å². The zero-order valence-corrected chi connectivity index (χ0v) is 16.0. The lowest BCUT2D eigenvalue weighted by Crippen LogP contribution is -2.61. The highest BCUT2D eigenvalue weighted by molar-refractivity contribution is 5.16. The van der Waals surface area contributed by atoms with E-state index in [1.54, 1.807) is 6.92 Å². The number of hydrogen-bond acceptors (Lipinski definition) is 4. The van der Waals surface area contributed by atoms with Gasteiger partial charge in [0.15, 0.2) is 0 Å². The molecule has 0 aromatic heterocycles. The number of hydrogen-bond donors (Lipinski definition) is 4. The molecular weight excluding hydrogens is 316 g/mol. The molecule has 4 aliphatic rings. The van der Waals surface area contributed by atoms with Gasteiger partial charge in [0.2, 0.25) is 0 Å². The molecule has 25 heavy (non-hydrogen) atoms. The fraction of sp³-hybridized carbons (Fsp3) is 1.00. The number of aliphatic hydroxyl groups excluding tert-OH is 3. The molecule has 4 aliphatic carbocycles. The Bertz CT molecular complexity index is 536. The second-order valence-electron chi connectivity index (χ2n) is 10.3. The molecule has 0 spiro atoms. The van der Waals surface area contributed by atoms with Crippen molar-refractivity contribution >= 4 is 0 Å². The van der Waals surface area contributed by atoms with Gasteiger partial charge >= 0.3 is 0 Å². The van der Waals surface area contributed by atoms with Crippen molar-refractivity contribution in [2.75, 3.05) is 0 Å². The van der Waals surface area contributed by atoms with Crippen molar-refractivity contribution in [1.82, 2.24) is 0 Å². The van der Waals surface area contributed by atoms with Crippen molar-refractivity contribution in [3.05, 3.63) is 0 Å². The minimum atomic E-state index is -0.992. The molecule has 0 saturated heterocycles. The maximum atomic E-state index is 11.3. The van der Waals surface area contributed by atoms with Gasteiger partial charge in [-0.05, 0) is 87.4 Å². The molecule has 0 radical (unpaired) electrons. The van der Waals surface area contributed by atoms with Gasteiger partial charge < -0.3 is 20.4 Å². The number of rotatable bonds is 1. The van der Waals surface area contributed by atoms with Gasteiger partial charge in [0, 0.05) is 5.41 Å². The van der Waals surface area contributed by atoms with Crippen LogP contribution in [0.3, 0.4) is 0 Å². The molecular formula is C21H36O4. The molecule has 144 valence electrons. The lowest BCUT2D eigenvalue weighted by Gasteiger charge is -2.62. The van der Waals surface area contributed by atoms with E-state index in [1.165, 1.54) is 0 Å². The molecule has 4 saturated carbocycles. The van der Waals surface area contributed by atoms with E-state index in [9.17, 15) is 20.4 Å². The third-order valence-electron chi connectivity index (χ3n) is 9.56. The zero-order chi connectivity index (χ0) is 18.2. The number of aliphatic hydroxyl groups is 4. The molecule has 4 nitrogen and oxygen atoms in total. The van der Waals surface area contributed by atoms with E-state index in [0.717, 1.165) is 44.9 Å². The second-order valence-corrected chi connectivity index (χ2v) is 10.3. The molecule has 0 amide bonds. The summed E-state index contributed by atoms with van der Waals surface area (Å²) in [5, 5.41) is 42.6. The summed E-state index contributed by atoms with van der Waals surface area (Å²) in [6, 6.07) is 0. The van der Waals surface area contributed by atoms with Crippen LogP contribution >= 0.6 is 0 Å². The van der Waals surface area contributed by atoms with Crippen LogP contribution in [0.5, 0.6) is 0 Å². The molecule has 0 aromatic rings. The van der Waals surface area contributed by atoms with Gasteiger partial charge in [0.1, 0.15) is 0 Å². The monoisotopic (exact) mass is 352 g/mol. The van der Waals surface area contributed by atoms with Crippen molar-refractivity contribution in [3.63, 3.8) is 0 Å². The maximum Gasteiger partial charge on any atom is 0.0958 e. The van der Waals surface area contributed by atoms with Crippen LogP contribution in [-0.2, 0) is 0 Å². The third kappa shape index (κ3) is 2.27. The van der Waals surface area contributed by atoms with Crippen LogP contribution in [0.15, 0.2) is 0 Å². The topological polar surface area (TPSA) is 80.9 Å². The summed E-state index contributed by atoms with van der Waals surface area (Å²) in [7, 11) is 0. The van der Waals surface area contributed by atoms with Crippen molar-refractivity contribution in [2.45, 2.75) is 96.1 Å². The first-order chi connectivity index (χ1) is 11.6. The van der Waals surface area contributed by atoms with E-state index >= 15 is 0 Å². The molecule has 4 fully saturated rings. The summed E-state index contributed by atoms with van der Waals surface area (Å²) >= 11 is 0. The Kier molecular flexibility index (Phi) is 4.13. The summed E-state index contributed by atoms with van der Waals surface area (Å²) in [6.07, 6.45) is 5.73. The van der Waals surface area contributed by atoms with Gasteiger partial charge in [-0.25, -0.2) is 0 Å². The molecule has 4 heteroatoms. The van der Waals surface area contributed by atoms with Gasteiger partial charge in [-0.3, -0.25) is 0 Å². The van der Waals surface area contributed by atoms with Gasteiger partial charge in [-0.1, -0.05) is 13.8 Å². The average molecular weight is 353 g/mol. The predicted octanol–water partition coefficient (Wildman–Crippen LogP) is 2.47. The smallest absolute Gasteiger partial charge is 0.0958 e. The molecule has 0 aliphatic heterocycles. The Balaban J connectivity index is 1.67. The van der Waals surface area contributed by atoms with Crippen molar-refractivity contribution in [2.24, 2.45) is 34.5 Å². The van der Waals surface area contributed by atoms with Crippen molar-refractivity contribution < 1.29 is 20.4 Å². The van der Waals surface area contributed by atoms with Crippen LogP contribution < -0.4 is 0 Å². The van der Waals surface area contributed by atoms with E-state index in [4.69, 9.17) is 0 Å². The average Bonchev–Trinajstić information content (AvgIpc) is 2.83. The minimum Gasteiger partial charge on any atom is -0.393 e. The van der Waals surface area contributed by atoms with E-state index in [0.29, 0.717) is 24.2 Å². The highest BCUT2D eigenvalue weighted by atomic mass is 16.3. The SMILES string of the molecule is C[C@@H](O)[C@@]1(O)CC[C@H]2[C@@H]3C[C@H](O)C4C[C@H](O)CC[C@]4(C)[C@H]3CC[C@@]21C. The maximum absolute atomic E-state index is 11.3. The first-order valence-corrected chi connectivity index (χ1v) is 10.4. The summed E-state index contributed by atoms with van der Waals surface area (Å²) in [4.78, 5) is 0. The highest BCUT2D eigenvalue weighted by Crippen LogP contribution is 2.68. The van der Waals surface area contributed by atoms with Crippen LogP contribution in [0, 0.1) is 34.5 Å². The van der Waals surface area contributed by atoms with Gasteiger partial charge in [-0.2, -0.15) is 0 Å². The molecule has 0 aromatic carbocycles. The summed E-state index contributed by atoms with van der Waals surface area (Å²) < 4.78 is 0. The molecule has 0 bridgehead atoms. The summed E-state index contributed by atoms with van der Waals surface area (Å²) in [6.45, 7) is 6.26. The Labute approximate surface area is 151 Å². The normalized spacial score (nSPS) is 59.6. The standard InChI is InChI=1S/C21H36O4/c1-12(22)21(25)9-6-16-14-11-18(24)17-10-13(23)4-7-19(17,2)15(14)5-8-20(16,21)3/h12-18,22-25H,4-11H2,1-3H3/t12-,13-,14-,15+,16+,17?,18+,19-,20+,21+/m1/s1. The van der Waals surface area contributed by atoms with Gasteiger partial charge in [0.05, 0.1) is 23.9 Å². The van der Waals surface area contributed by atoms with Crippen LogP contribution in [0.25, 0.3) is 0 Å². The van der Waals surface area contributed by atoms with Gasteiger partial charge in [-0.15, -0.1) is 0 Å². The Morgan fingerprint density at radius 1 is 0.880 bits per heavy atom. The lowest BCUT2D eigenvalue weighted by atomic mass is 9.43. The molecule has 0 heterocycles. The van der Waals surface area contributed by atoms with E-state index < -0.39 is 11.7 Å². The zero-order valence-electron chi connectivity index (χ0n) is 16.0. The highest BCUT2D eigenvalue weighted by Gasteiger charge is 2.66. The van der Waals surface area contributed by atoms with Crippen LogP contribution in [-0.4, -0.2) is 44.3 Å². The quantitative estimate of drug-likeness (QED) is 0.584. The molecule has 10 atom stereocenters. The molecule has 1 unspecified atom stereocenters. The Morgan fingerprint density at radius 2 is 1.56 bits per heavy atom. The summed E-state index contributed by atoms with van der Waals surface area (Å²) in [5.41, 5.74) is -1.14. The number of fused-ring (bicyclic) bond motifs is 5. The third-order valence-corrected chi connectivity index (χ3v) is 9.56. The van der Waals surface area contributed by atoms with E-state index in [-0.39, 0.29) is 29.0 Å².